The van der Waals surface area contributed by atoms with Crippen LogP contribution in [0.4, 0.5) is 0 Å². The largest absolute Gasteiger partial charge is 0.311 e. The molecule has 0 aromatic carbocycles. The third kappa shape index (κ3) is 3.81. The van der Waals surface area contributed by atoms with Crippen LogP contribution in [0.2, 0.25) is 0 Å². The van der Waals surface area contributed by atoms with Crippen LogP contribution in [0.25, 0.3) is 0 Å². The van der Waals surface area contributed by atoms with Crippen molar-refractivity contribution in [2.45, 2.75) is 52.5 Å². The second-order valence-electron chi connectivity index (χ2n) is 6.23. The van der Waals surface area contributed by atoms with Crippen molar-refractivity contribution in [3.05, 3.63) is 30.1 Å². The fourth-order valence-corrected chi connectivity index (χ4v) is 3.40. The zero-order valence-electron chi connectivity index (χ0n) is 11.8. The molecule has 0 saturated heterocycles. The van der Waals surface area contributed by atoms with Crippen molar-refractivity contribution in [1.82, 2.24) is 10.3 Å². The normalized spacial score (nSPS) is 18.4. The minimum absolute atomic E-state index is 0.558. The molecule has 1 heterocycles. The van der Waals surface area contributed by atoms with Crippen LogP contribution in [-0.4, -0.2) is 11.5 Å². The van der Waals surface area contributed by atoms with Gasteiger partial charge in [-0.1, -0.05) is 32.8 Å². The molecule has 1 N–H and O–H groups in total. The predicted octanol–water partition coefficient (Wildman–Crippen LogP) is 3.78. The molecular weight excluding hydrogens is 220 g/mol. The van der Waals surface area contributed by atoms with Gasteiger partial charge in [-0.25, -0.2) is 0 Å². The molecule has 0 aliphatic heterocycles. The Bertz CT molecular complexity index is 339. The van der Waals surface area contributed by atoms with E-state index in [0.29, 0.717) is 5.41 Å². The number of nitrogens with one attached hydrogen (secondary N) is 1. The lowest BCUT2D eigenvalue weighted by atomic mass is 9.78. The Hall–Kier alpha value is -0.890. The summed E-state index contributed by atoms with van der Waals surface area (Å²) in [5, 5.41) is 3.63. The topological polar surface area (TPSA) is 24.9 Å². The van der Waals surface area contributed by atoms with Gasteiger partial charge in [0.2, 0.25) is 0 Å². The van der Waals surface area contributed by atoms with Crippen LogP contribution < -0.4 is 5.32 Å². The number of rotatable bonds is 6. The fraction of sp³-hybridized carbons (Fsp3) is 0.688. The molecule has 0 amide bonds. The number of hydrogen-bond acceptors (Lipinski definition) is 2. The molecule has 2 heteroatoms. The van der Waals surface area contributed by atoms with Crippen LogP contribution >= 0.6 is 0 Å². The van der Waals surface area contributed by atoms with E-state index in [1.54, 1.807) is 0 Å². The van der Waals surface area contributed by atoms with Crippen molar-refractivity contribution in [3.8, 4) is 0 Å². The van der Waals surface area contributed by atoms with Gasteiger partial charge in [0.05, 0.1) is 5.69 Å². The van der Waals surface area contributed by atoms with Crippen LogP contribution in [0.3, 0.4) is 0 Å². The Kier molecular flexibility index (Phi) is 4.76. The highest BCUT2D eigenvalue weighted by atomic mass is 14.9. The zero-order valence-corrected chi connectivity index (χ0v) is 11.8. The average molecular weight is 246 g/mol. The van der Waals surface area contributed by atoms with E-state index in [1.165, 1.54) is 32.1 Å². The molecule has 2 nitrogen and oxygen atoms in total. The highest BCUT2D eigenvalue weighted by Crippen LogP contribution is 2.42. The van der Waals surface area contributed by atoms with Crippen LogP contribution in [-0.2, 0) is 6.54 Å². The first-order valence-electron chi connectivity index (χ1n) is 7.31. The summed E-state index contributed by atoms with van der Waals surface area (Å²) in [7, 11) is 0. The summed E-state index contributed by atoms with van der Waals surface area (Å²) in [4.78, 5) is 4.36. The third-order valence-electron chi connectivity index (χ3n) is 4.04. The van der Waals surface area contributed by atoms with Gasteiger partial charge in [-0.2, -0.15) is 0 Å². The Labute approximate surface area is 111 Å². The molecule has 18 heavy (non-hydrogen) atoms. The van der Waals surface area contributed by atoms with E-state index in [9.17, 15) is 0 Å². The lowest BCUT2D eigenvalue weighted by molar-refractivity contribution is 0.223. The summed E-state index contributed by atoms with van der Waals surface area (Å²) < 4.78 is 0. The van der Waals surface area contributed by atoms with Crippen molar-refractivity contribution in [2.75, 3.05) is 6.54 Å². The summed E-state index contributed by atoms with van der Waals surface area (Å²) in [6, 6.07) is 6.13. The first-order chi connectivity index (χ1) is 8.70. The molecule has 0 bridgehead atoms. The first kappa shape index (κ1) is 13.5. The van der Waals surface area contributed by atoms with Crippen molar-refractivity contribution >= 4 is 0 Å². The van der Waals surface area contributed by atoms with Crippen molar-refractivity contribution in [3.63, 3.8) is 0 Å². The molecule has 1 aromatic heterocycles. The number of aromatic nitrogens is 1. The smallest absolute Gasteiger partial charge is 0.0541 e. The Morgan fingerprint density at radius 1 is 1.28 bits per heavy atom. The molecule has 1 aliphatic carbocycles. The molecule has 0 spiro atoms. The van der Waals surface area contributed by atoms with Crippen LogP contribution in [0.15, 0.2) is 24.4 Å². The van der Waals surface area contributed by atoms with E-state index in [2.05, 4.69) is 36.3 Å². The molecule has 1 aliphatic rings. The summed E-state index contributed by atoms with van der Waals surface area (Å²) in [5.41, 5.74) is 1.71. The monoisotopic (exact) mass is 246 g/mol. The second-order valence-corrected chi connectivity index (χ2v) is 6.23. The van der Waals surface area contributed by atoms with E-state index in [-0.39, 0.29) is 0 Å². The number of hydrogen-bond donors (Lipinski definition) is 1. The Morgan fingerprint density at radius 3 is 2.67 bits per heavy atom. The van der Waals surface area contributed by atoms with Gasteiger partial charge in [-0.05, 0) is 42.7 Å². The fourth-order valence-electron chi connectivity index (χ4n) is 3.40. The van der Waals surface area contributed by atoms with Crippen LogP contribution in [0.1, 0.15) is 51.6 Å². The van der Waals surface area contributed by atoms with Crippen molar-refractivity contribution in [2.24, 2.45) is 11.3 Å². The van der Waals surface area contributed by atoms with Gasteiger partial charge in [0.1, 0.15) is 0 Å². The molecule has 2 rings (SSSR count). The second kappa shape index (κ2) is 6.33. The minimum Gasteiger partial charge on any atom is -0.311 e. The van der Waals surface area contributed by atoms with E-state index >= 15 is 0 Å². The molecule has 0 unspecified atom stereocenters. The predicted molar refractivity (Wildman–Crippen MR) is 76.3 cm³/mol. The Balaban J connectivity index is 1.83. The lowest BCUT2D eigenvalue weighted by Gasteiger charge is -2.31. The van der Waals surface area contributed by atoms with Crippen molar-refractivity contribution < 1.29 is 0 Å². The van der Waals surface area contributed by atoms with Gasteiger partial charge in [-0.3, -0.25) is 4.98 Å². The van der Waals surface area contributed by atoms with Gasteiger partial charge in [-0.15, -0.1) is 0 Å². The van der Waals surface area contributed by atoms with Crippen LogP contribution in [0.5, 0.6) is 0 Å². The van der Waals surface area contributed by atoms with E-state index in [1.807, 2.05) is 12.3 Å². The highest BCUT2D eigenvalue weighted by Gasteiger charge is 2.33. The van der Waals surface area contributed by atoms with E-state index in [4.69, 9.17) is 0 Å². The molecular formula is C16H26N2. The quantitative estimate of drug-likeness (QED) is 0.826. The third-order valence-corrected chi connectivity index (χ3v) is 4.04. The van der Waals surface area contributed by atoms with E-state index < -0.39 is 0 Å². The maximum Gasteiger partial charge on any atom is 0.0541 e. The number of pyridine rings is 1. The summed E-state index contributed by atoms with van der Waals surface area (Å²) in [5.74, 6) is 0.805. The summed E-state index contributed by atoms with van der Waals surface area (Å²) in [6.45, 7) is 6.75. The molecule has 0 atom stereocenters. The molecule has 1 aromatic rings. The molecule has 100 valence electrons. The van der Waals surface area contributed by atoms with Crippen molar-refractivity contribution in [1.29, 1.82) is 0 Å². The average Bonchev–Trinajstić information content (AvgIpc) is 2.78. The zero-order chi connectivity index (χ0) is 12.8. The van der Waals surface area contributed by atoms with Gasteiger partial charge < -0.3 is 5.32 Å². The van der Waals surface area contributed by atoms with Crippen LogP contribution in [0, 0.1) is 11.3 Å². The summed E-state index contributed by atoms with van der Waals surface area (Å²) in [6.07, 6.45) is 8.87. The minimum atomic E-state index is 0.558. The maximum absolute atomic E-state index is 4.36. The highest BCUT2D eigenvalue weighted by molar-refractivity contribution is 5.03. The maximum atomic E-state index is 4.36. The first-order valence-corrected chi connectivity index (χ1v) is 7.31. The Morgan fingerprint density at radius 2 is 2.06 bits per heavy atom. The standard InChI is InChI=1S/C16H26N2/c1-14(2)11-16(8-4-5-9-16)13-17-12-15-7-3-6-10-18-15/h3,6-7,10,14,17H,4-5,8-9,11-13H2,1-2H3. The number of nitrogens with zero attached hydrogens (tertiary/aromatic N) is 1. The lowest BCUT2D eigenvalue weighted by Crippen LogP contribution is -2.33. The molecule has 1 fully saturated rings. The molecule has 0 radical (unpaired) electrons. The van der Waals surface area contributed by atoms with Gasteiger partial charge in [0, 0.05) is 19.3 Å². The van der Waals surface area contributed by atoms with Gasteiger partial charge in [0.15, 0.2) is 0 Å². The SMILES string of the molecule is CC(C)CC1(CNCc2ccccn2)CCCC1. The van der Waals surface area contributed by atoms with Gasteiger partial charge in [0.25, 0.3) is 0 Å². The van der Waals surface area contributed by atoms with Gasteiger partial charge >= 0.3 is 0 Å². The van der Waals surface area contributed by atoms with E-state index in [0.717, 1.165) is 24.7 Å². The summed E-state index contributed by atoms with van der Waals surface area (Å²) >= 11 is 0. The molecule has 1 saturated carbocycles.